The molecule has 0 aliphatic carbocycles. The van der Waals surface area contributed by atoms with Crippen LogP contribution in [0, 0.1) is 6.92 Å². The van der Waals surface area contributed by atoms with Crippen LogP contribution in [0.4, 0.5) is 4.39 Å². The summed E-state index contributed by atoms with van der Waals surface area (Å²) in [5.41, 5.74) is 2.77. The summed E-state index contributed by atoms with van der Waals surface area (Å²) in [5.74, 6) is 0. The summed E-state index contributed by atoms with van der Waals surface area (Å²) in [6.45, 7) is 3.45. The van der Waals surface area contributed by atoms with Crippen molar-refractivity contribution >= 4 is 0 Å². The zero-order chi connectivity index (χ0) is 10.6. The molecule has 1 rings (SSSR count). The van der Waals surface area contributed by atoms with Gasteiger partial charge < -0.3 is 5.11 Å². The van der Waals surface area contributed by atoms with E-state index < -0.39 is 6.67 Å². The van der Waals surface area contributed by atoms with Crippen molar-refractivity contribution in [2.75, 3.05) is 0 Å². The Morgan fingerprint density at radius 1 is 1.29 bits per heavy atom. The van der Waals surface area contributed by atoms with Crippen LogP contribution in [0.15, 0.2) is 18.2 Å². The zero-order valence-electron chi connectivity index (χ0n) is 8.76. The Kier molecular flexibility index (Phi) is 4.08. The second kappa shape index (κ2) is 5.11. The van der Waals surface area contributed by atoms with Crippen LogP contribution < -0.4 is 0 Å². The van der Waals surface area contributed by atoms with E-state index in [-0.39, 0.29) is 6.10 Å². The van der Waals surface area contributed by atoms with Crippen molar-refractivity contribution in [3.05, 3.63) is 34.9 Å². The maximum atomic E-state index is 12.4. The molecule has 0 spiro atoms. The molecule has 0 bridgehead atoms. The van der Waals surface area contributed by atoms with Crippen molar-refractivity contribution in [3.8, 4) is 0 Å². The third-order valence-electron chi connectivity index (χ3n) is 2.29. The molecule has 1 aromatic rings. The fourth-order valence-electron chi connectivity index (χ4n) is 1.56. The molecule has 0 saturated heterocycles. The number of alkyl halides is 1. The average molecular weight is 196 g/mol. The monoisotopic (exact) mass is 196 g/mol. The average Bonchev–Trinajstić information content (AvgIpc) is 2.16. The van der Waals surface area contributed by atoms with Gasteiger partial charge in [0, 0.05) is 0 Å². The molecular formula is C12H17FO. The van der Waals surface area contributed by atoms with Crippen LogP contribution in [0.2, 0.25) is 0 Å². The van der Waals surface area contributed by atoms with Crippen LogP contribution in [0.25, 0.3) is 0 Å². The van der Waals surface area contributed by atoms with Crippen LogP contribution in [0.1, 0.15) is 30.0 Å². The number of hydrogen-bond acceptors (Lipinski definition) is 1. The van der Waals surface area contributed by atoms with Crippen molar-refractivity contribution < 1.29 is 9.50 Å². The Bertz CT molecular complexity index is 296. The van der Waals surface area contributed by atoms with Crippen LogP contribution in [-0.4, -0.2) is 11.2 Å². The SMILES string of the molecule is CCC(O)Cc1cc(C)cc(CF)c1. The number of aryl methyl sites for hydroxylation is 1. The fraction of sp³-hybridized carbons (Fsp3) is 0.500. The molecule has 1 nitrogen and oxygen atoms in total. The smallest absolute Gasteiger partial charge is 0.115 e. The molecule has 0 amide bonds. The fourth-order valence-corrected chi connectivity index (χ4v) is 1.56. The van der Waals surface area contributed by atoms with E-state index in [4.69, 9.17) is 0 Å². The molecule has 0 fully saturated rings. The lowest BCUT2D eigenvalue weighted by Crippen LogP contribution is -2.08. The molecule has 0 aromatic heterocycles. The van der Waals surface area contributed by atoms with Gasteiger partial charge in [-0.15, -0.1) is 0 Å². The lowest BCUT2D eigenvalue weighted by molar-refractivity contribution is 0.171. The minimum Gasteiger partial charge on any atom is -0.393 e. The first kappa shape index (κ1) is 11.2. The summed E-state index contributed by atoms with van der Waals surface area (Å²) in [7, 11) is 0. The molecular weight excluding hydrogens is 179 g/mol. The van der Waals surface area contributed by atoms with Crippen molar-refractivity contribution in [2.24, 2.45) is 0 Å². The summed E-state index contributed by atoms with van der Waals surface area (Å²) < 4.78 is 12.4. The number of aliphatic hydroxyl groups excluding tert-OH is 1. The number of rotatable bonds is 4. The normalized spacial score (nSPS) is 12.9. The predicted molar refractivity (Wildman–Crippen MR) is 56.0 cm³/mol. The quantitative estimate of drug-likeness (QED) is 0.785. The Morgan fingerprint density at radius 2 is 1.93 bits per heavy atom. The number of benzene rings is 1. The topological polar surface area (TPSA) is 20.2 Å². The van der Waals surface area contributed by atoms with Gasteiger partial charge >= 0.3 is 0 Å². The molecule has 1 aromatic carbocycles. The second-order valence-electron chi connectivity index (χ2n) is 3.73. The van der Waals surface area contributed by atoms with Gasteiger partial charge in [0.05, 0.1) is 6.10 Å². The van der Waals surface area contributed by atoms with E-state index in [0.717, 1.165) is 17.5 Å². The standard InChI is InChI=1S/C12H17FO/c1-3-12(14)7-10-4-9(2)5-11(6-10)8-13/h4-6,12,14H,3,7-8H2,1-2H3. The highest BCUT2D eigenvalue weighted by molar-refractivity contribution is 5.29. The van der Waals surface area contributed by atoms with Crippen LogP contribution in [0.5, 0.6) is 0 Å². The van der Waals surface area contributed by atoms with Gasteiger partial charge in [0.2, 0.25) is 0 Å². The molecule has 1 N–H and O–H groups in total. The maximum absolute atomic E-state index is 12.4. The molecule has 0 radical (unpaired) electrons. The van der Waals surface area contributed by atoms with E-state index in [2.05, 4.69) is 0 Å². The Morgan fingerprint density at radius 3 is 2.50 bits per heavy atom. The lowest BCUT2D eigenvalue weighted by Gasteiger charge is -2.09. The molecule has 0 aliphatic heterocycles. The summed E-state index contributed by atoms with van der Waals surface area (Å²) >= 11 is 0. The maximum Gasteiger partial charge on any atom is 0.115 e. The molecule has 14 heavy (non-hydrogen) atoms. The number of hydrogen-bond donors (Lipinski definition) is 1. The largest absolute Gasteiger partial charge is 0.393 e. The molecule has 0 aliphatic rings. The van der Waals surface area contributed by atoms with Gasteiger partial charge in [0.1, 0.15) is 6.67 Å². The summed E-state index contributed by atoms with van der Waals surface area (Å²) in [5, 5.41) is 9.47. The van der Waals surface area contributed by atoms with Crippen molar-refractivity contribution in [3.63, 3.8) is 0 Å². The third-order valence-corrected chi connectivity index (χ3v) is 2.29. The first-order valence-electron chi connectivity index (χ1n) is 4.99. The highest BCUT2D eigenvalue weighted by atomic mass is 19.1. The highest BCUT2D eigenvalue weighted by Gasteiger charge is 2.04. The Labute approximate surface area is 84.6 Å². The molecule has 2 heteroatoms. The van der Waals surface area contributed by atoms with Gasteiger partial charge in [0.25, 0.3) is 0 Å². The summed E-state index contributed by atoms with van der Waals surface area (Å²) in [4.78, 5) is 0. The minimum atomic E-state index is -0.434. The van der Waals surface area contributed by atoms with Crippen LogP contribution in [0.3, 0.4) is 0 Å². The van der Waals surface area contributed by atoms with Gasteiger partial charge in [-0.3, -0.25) is 0 Å². The van der Waals surface area contributed by atoms with E-state index in [1.54, 1.807) is 0 Å². The van der Waals surface area contributed by atoms with E-state index in [9.17, 15) is 9.50 Å². The lowest BCUT2D eigenvalue weighted by atomic mass is 10.0. The van der Waals surface area contributed by atoms with Gasteiger partial charge in [-0.2, -0.15) is 0 Å². The van der Waals surface area contributed by atoms with Gasteiger partial charge in [0.15, 0.2) is 0 Å². The minimum absolute atomic E-state index is 0.315. The third kappa shape index (κ3) is 3.11. The Balaban J connectivity index is 2.81. The van der Waals surface area contributed by atoms with E-state index in [0.29, 0.717) is 12.0 Å². The predicted octanol–water partition coefficient (Wildman–Crippen LogP) is 2.78. The number of aliphatic hydroxyl groups is 1. The van der Waals surface area contributed by atoms with E-state index >= 15 is 0 Å². The zero-order valence-corrected chi connectivity index (χ0v) is 8.76. The van der Waals surface area contributed by atoms with Gasteiger partial charge in [-0.05, 0) is 30.9 Å². The van der Waals surface area contributed by atoms with Gasteiger partial charge in [-0.25, -0.2) is 4.39 Å². The molecule has 1 unspecified atom stereocenters. The second-order valence-corrected chi connectivity index (χ2v) is 3.73. The Hall–Kier alpha value is -0.890. The molecule has 0 saturated carbocycles. The summed E-state index contributed by atoms with van der Waals surface area (Å²) in [6.07, 6.45) is 1.04. The first-order valence-corrected chi connectivity index (χ1v) is 4.99. The molecule has 0 heterocycles. The van der Waals surface area contributed by atoms with Gasteiger partial charge in [-0.1, -0.05) is 30.7 Å². The van der Waals surface area contributed by atoms with E-state index in [1.807, 2.05) is 32.0 Å². The number of halogens is 1. The van der Waals surface area contributed by atoms with Crippen molar-refractivity contribution in [1.29, 1.82) is 0 Å². The van der Waals surface area contributed by atoms with Crippen LogP contribution >= 0.6 is 0 Å². The highest BCUT2D eigenvalue weighted by Crippen LogP contribution is 2.13. The van der Waals surface area contributed by atoms with Crippen molar-refractivity contribution in [1.82, 2.24) is 0 Å². The molecule has 1 atom stereocenters. The molecule has 78 valence electrons. The van der Waals surface area contributed by atoms with Crippen LogP contribution in [-0.2, 0) is 13.1 Å². The first-order chi connectivity index (χ1) is 6.65. The van der Waals surface area contributed by atoms with E-state index in [1.165, 1.54) is 0 Å². The van der Waals surface area contributed by atoms with Crippen molar-refractivity contribution in [2.45, 2.75) is 39.5 Å². The summed E-state index contributed by atoms with van der Waals surface area (Å²) in [6, 6.07) is 5.66.